The first kappa shape index (κ1) is 17.1. The van der Waals surface area contributed by atoms with Crippen molar-refractivity contribution in [1.82, 2.24) is 9.78 Å². The molecule has 0 aliphatic carbocycles. The van der Waals surface area contributed by atoms with Crippen molar-refractivity contribution in [3.8, 4) is 5.75 Å². The lowest BCUT2D eigenvalue weighted by molar-refractivity contribution is -0.118. The minimum Gasteiger partial charge on any atom is -0.484 e. The molecule has 0 atom stereocenters. The van der Waals surface area contributed by atoms with Crippen LogP contribution in [0.25, 0.3) is 0 Å². The molecule has 3 rings (SSSR count). The number of ether oxygens (including phenoxy) is 1. The number of amides is 1. The SMILES string of the molecule is Cc1cc(OCC(=O)Nc2ccnn2Cc2ccco2)cc(C)c1Cl. The Morgan fingerprint density at radius 2 is 2.08 bits per heavy atom. The lowest BCUT2D eigenvalue weighted by Crippen LogP contribution is -2.22. The van der Waals surface area contributed by atoms with Crippen LogP contribution in [0.15, 0.2) is 47.2 Å². The zero-order valence-electron chi connectivity index (χ0n) is 14.0. The number of furan rings is 1. The number of aryl methyl sites for hydroxylation is 2. The van der Waals surface area contributed by atoms with Gasteiger partial charge in [0.15, 0.2) is 6.61 Å². The number of benzene rings is 1. The van der Waals surface area contributed by atoms with Gasteiger partial charge in [0.2, 0.25) is 0 Å². The van der Waals surface area contributed by atoms with Crippen LogP contribution in [0.4, 0.5) is 5.82 Å². The smallest absolute Gasteiger partial charge is 0.263 e. The molecule has 6 nitrogen and oxygen atoms in total. The van der Waals surface area contributed by atoms with Crippen LogP contribution in [0.2, 0.25) is 5.02 Å². The van der Waals surface area contributed by atoms with Crippen molar-refractivity contribution in [2.75, 3.05) is 11.9 Å². The maximum Gasteiger partial charge on any atom is 0.263 e. The number of carbonyl (C=O) groups excluding carboxylic acids is 1. The van der Waals surface area contributed by atoms with Gasteiger partial charge < -0.3 is 14.5 Å². The highest BCUT2D eigenvalue weighted by atomic mass is 35.5. The number of nitrogens with one attached hydrogen (secondary N) is 1. The van der Waals surface area contributed by atoms with Gasteiger partial charge in [0.05, 0.1) is 12.5 Å². The molecule has 0 spiro atoms. The van der Waals surface area contributed by atoms with E-state index >= 15 is 0 Å². The molecule has 1 aromatic carbocycles. The van der Waals surface area contributed by atoms with Crippen molar-refractivity contribution in [3.63, 3.8) is 0 Å². The van der Waals surface area contributed by atoms with E-state index in [4.69, 9.17) is 20.8 Å². The van der Waals surface area contributed by atoms with Gasteiger partial charge in [0.1, 0.15) is 23.9 Å². The summed E-state index contributed by atoms with van der Waals surface area (Å²) in [7, 11) is 0. The van der Waals surface area contributed by atoms with Crippen LogP contribution in [0.3, 0.4) is 0 Å². The molecule has 0 unspecified atom stereocenters. The van der Waals surface area contributed by atoms with E-state index in [0.717, 1.165) is 16.9 Å². The first-order valence-electron chi connectivity index (χ1n) is 7.76. The minimum absolute atomic E-state index is 0.105. The fraction of sp³-hybridized carbons (Fsp3) is 0.222. The summed E-state index contributed by atoms with van der Waals surface area (Å²) in [6.45, 7) is 4.13. The molecule has 0 saturated heterocycles. The van der Waals surface area contributed by atoms with Gasteiger partial charge in [-0.3, -0.25) is 4.79 Å². The van der Waals surface area contributed by atoms with E-state index in [1.54, 1.807) is 29.3 Å². The number of rotatable bonds is 6. The fourth-order valence-corrected chi connectivity index (χ4v) is 2.54. The lowest BCUT2D eigenvalue weighted by Gasteiger charge is -2.11. The summed E-state index contributed by atoms with van der Waals surface area (Å²) < 4.78 is 12.5. The molecule has 0 fully saturated rings. The highest BCUT2D eigenvalue weighted by Crippen LogP contribution is 2.25. The molecule has 25 heavy (non-hydrogen) atoms. The molecule has 1 amide bonds. The summed E-state index contributed by atoms with van der Waals surface area (Å²) in [5.74, 6) is 1.67. The largest absolute Gasteiger partial charge is 0.484 e. The maximum absolute atomic E-state index is 12.1. The molecule has 0 bridgehead atoms. The van der Waals surface area contributed by atoms with Crippen molar-refractivity contribution in [2.24, 2.45) is 0 Å². The third-order valence-corrected chi connectivity index (χ3v) is 4.25. The molecule has 0 radical (unpaired) electrons. The van der Waals surface area contributed by atoms with Crippen LogP contribution in [0, 0.1) is 13.8 Å². The van der Waals surface area contributed by atoms with Crippen molar-refractivity contribution >= 4 is 23.3 Å². The highest BCUT2D eigenvalue weighted by Gasteiger charge is 2.10. The van der Waals surface area contributed by atoms with Crippen LogP contribution >= 0.6 is 11.6 Å². The Morgan fingerprint density at radius 3 is 2.76 bits per heavy atom. The zero-order valence-corrected chi connectivity index (χ0v) is 14.7. The highest BCUT2D eigenvalue weighted by molar-refractivity contribution is 6.32. The number of carbonyl (C=O) groups is 1. The quantitative estimate of drug-likeness (QED) is 0.726. The molecular formula is C18H18ClN3O3. The predicted octanol–water partition coefficient (Wildman–Crippen LogP) is 3.81. The Labute approximate surface area is 150 Å². The molecule has 2 heterocycles. The monoisotopic (exact) mass is 359 g/mol. The summed E-state index contributed by atoms with van der Waals surface area (Å²) in [4.78, 5) is 12.1. The Kier molecular flexibility index (Phi) is 5.09. The zero-order chi connectivity index (χ0) is 17.8. The third kappa shape index (κ3) is 4.22. The Morgan fingerprint density at radius 1 is 1.32 bits per heavy atom. The second-order valence-electron chi connectivity index (χ2n) is 5.66. The summed E-state index contributed by atoms with van der Waals surface area (Å²) in [5, 5.41) is 7.67. The third-order valence-electron chi connectivity index (χ3n) is 3.65. The van der Waals surface area contributed by atoms with Gasteiger partial charge in [-0.1, -0.05) is 11.6 Å². The molecule has 0 aliphatic heterocycles. The molecule has 7 heteroatoms. The number of hydrogen-bond donors (Lipinski definition) is 1. The van der Waals surface area contributed by atoms with Crippen LogP contribution < -0.4 is 10.1 Å². The Hall–Kier alpha value is -2.73. The average molecular weight is 360 g/mol. The Bertz CT molecular complexity index is 849. The van der Waals surface area contributed by atoms with Gasteiger partial charge in [-0.15, -0.1) is 0 Å². The van der Waals surface area contributed by atoms with Gasteiger partial charge in [0, 0.05) is 11.1 Å². The summed E-state index contributed by atoms with van der Waals surface area (Å²) >= 11 is 6.13. The molecule has 0 saturated carbocycles. The van der Waals surface area contributed by atoms with E-state index in [1.165, 1.54) is 0 Å². The van der Waals surface area contributed by atoms with Crippen LogP contribution in [-0.2, 0) is 11.3 Å². The van der Waals surface area contributed by atoms with Crippen LogP contribution in [0.1, 0.15) is 16.9 Å². The van der Waals surface area contributed by atoms with Crippen LogP contribution in [0.5, 0.6) is 5.75 Å². The predicted molar refractivity (Wildman–Crippen MR) is 95.1 cm³/mol. The first-order valence-corrected chi connectivity index (χ1v) is 8.14. The van der Waals surface area contributed by atoms with E-state index in [9.17, 15) is 4.79 Å². The molecular weight excluding hydrogens is 342 g/mol. The molecule has 130 valence electrons. The minimum atomic E-state index is -0.272. The second-order valence-corrected chi connectivity index (χ2v) is 6.04. The number of aromatic nitrogens is 2. The van der Waals surface area contributed by atoms with Crippen molar-refractivity contribution in [3.05, 3.63) is 64.7 Å². The first-order chi connectivity index (χ1) is 12.0. The van der Waals surface area contributed by atoms with E-state index in [-0.39, 0.29) is 12.5 Å². The molecule has 0 aliphatic rings. The fourth-order valence-electron chi connectivity index (χ4n) is 2.43. The van der Waals surface area contributed by atoms with E-state index < -0.39 is 0 Å². The van der Waals surface area contributed by atoms with E-state index in [2.05, 4.69) is 10.4 Å². The lowest BCUT2D eigenvalue weighted by atomic mass is 10.1. The van der Waals surface area contributed by atoms with Gasteiger partial charge in [0.25, 0.3) is 5.91 Å². The molecule has 1 N–H and O–H groups in total. The van der Waals surface area contributed by atoms with Gasteiger partial charge in [-0.2, -0.15) is 5.10 Å². The number of nitrogens with zero attached hydrogens (tertiary/aromatic N) is 2. The number of halogens is 1. The van der Waals surface area contributed by atoms with E-state index in [1.807, 2.05) is 32.0 Å². The summed E-state index contributed by atoms with van der Waals surface area (Å²) in [6, 6.07) is 8.99. The van der Waals surface area contributed by atoms with E-state index in [0.29, 0.717) is 23.1 Å². The van der Waals surface area contributed by atoms with Gasteiger partial charge in [-0.25, -0.2) is 4.68 Å². The number of hydrogen-bond acceptors (Lipinski definition) is 4. The summed E-state index contributed by atoms with van der Waals surface area (Å²) in [5.41, 5.74) is 1.82. The summed E-state index contributed by atoms with van der Waals surface area (Å²) in [6.07, 6.45) is 3.21. The van der Waals surface area contributed by atoms with Crippen LogP contribution in [-0.4, -0.2) is 22.3 Å². The number of anilines is 1. The van der Waals surface area contributed by atoms with Crippen molar-refractivity contribution in [1.29, 1.82) is 0 Å². The normalized spacial score (nSPS) is 10.7. The molecule has 3 aromatic rings. The van der Waals surface area contributed by atoms with Gasteiger partial charge in [-0.05, 0) is 49.2 Å². The van der Waals surface area contributed by atoms with Gasteiger partial charge >= 0.3 is 0 Å². The standard InChI is InChI=1S/C18H18ClN3O3/c1-12-8-15(9-13(2)18(12)19)25-11-17(23)21-16-5-6-20-22(16)10-14-4-3-7-24-14/h3-9H,10-11H2,1-2H3,(H,21,23). The second kappa shape index (κ2) is 7.44. The molecule has 2 aromatic heterocycles. The van der Waals surface area contributed by atoms with Crippen molar-refractivity contribution < 1.29 is 13.9 Å². The Balaban J connectivity index is 1.59. The average Bonchev–Trinajstić information content (AvgIpc) is 3.23. The maximum atomic E-state index is 12.1. The topological polar surface area (TPSA) is 69.3 Å². The van der Waals surface area contributed by atoms with Crippen molar-refractivity contribution in [2.45, 2.75) is 20.4 Å².